The minimum atomic E-state index is 0.901. The van der Waals surface area contributed by atoms with Crippen LogP contribution in [-0.4, -0.2) is 36.1 Å². The highest BCUT2D eigenvalue weighted by molar-refractivity contribution is 7.13. The van der Waals surface area contributed by atoms with Gasteiger partial charge in [-0.1, -0.05) is 17.7 Å². The lowest BCUT2D eigenvalue weighted by Gasteiger charge is -2.34. The molecule has 1 saturated heterocycles. The zero-order valence-electron chi connectivity index (χ0n) is 11.7. The van der Waals surface area contributed by atoms with Crippen molar-refractivity contribution < 1.29 is 0 Å². The summed E-state index contributed by atoms with van der Waals surface area (Å²) in [5.74, 6) is 0. The number of piperazine rings is 1. The highest BCUT2D eigenvalue weighted by atomic mass is 32.1. The number of aryl methyl sites for hydroxylation is 1. The Bertz CT molecular complexity index is 559. The smallest absolute Gasteiger partial charge is 0.185 e. The van der Waals surface area contributed by atoms with Gasteiger partial charge in [0.25, 0.3) is 0 Å². The summed E-state index contributed by atoms with van der Waals surface area (Å²) >= 11 is 1.72. The molecule has 0 radical (unpaired) electrons. The molecular formula is C15H20N4S. The summed E-state index contributed by atoms with van der Waals surface area (Å²) in [4.78, 5) is 9.21. The summed E-state index contributed by atoms with van der Waals surface area (Å²) in [5.41, 5.74) is 9.48. The molecule has 0 bridgehead atoms. The highest BCUT2D eigenvalue weighted by Gasteiger charge is 2.19. The van der Waals surface area contributed by atoms with Gasteiger partial charge in [-0.25, -0.2) is 4.98 Å². The topological polar surface area (TPSA) is 45.4 Å². The van der Waals surface area contributed by atoms with E-state index in [1.54, 1.807) is 11.3 Å². The second-order valence-electron chi connectivity index (χ2n) is 5.28. The molecule has 2 heterocycles. The molecule has 1 aromatic carbocycles. The first-order chi connectivity index (χ1) is 9.72. The average molecular weight is 288 g/mol. The Morgan fingerprint density at radius 2 is 2.05 bits per heavy atom. The number of thiazole rings is 1. The van der Waals surface area contributed by atoms with Crippen molar-refractivity contribution in [1.82, 2.24) is 9.88 Å². The third-order valence-corrected chi connectivity index (χ3v) is 4.59. The van der Waals surface area contributed by atoms with Gasteiger partial charge in [-0.05, 0) is 18.6 Å². The van der Waals surface area contributed by atoms with Gasteiger partial charge in [-0.3, -0.25) is 4.90 Å². The van der Waals surface area contributed by atoms with E-state index in [2.05, 4.69) is 33.8 Å². The summed E-state index contributed by atoms with van der Waals surface area (Å²) in [6, 6.07) is 6.28. The molecule has 0 saturated carbocycles. The van der Waals surface area contributed by atoms with Crippen LogP contribution in [0, 0.1) is 6.92 Å². The molecule has 5 heteroatoms. The van der Waals surface area contributed by atoms with Gasteiger partial charge in [0.05, 0.1) is 0 Å². The molecule has 1 aliphatic heterocycles. The molecule has 1 aromatic heterocycles. The van der Waals surface area contributed by atoms with E-state index in [9.17, 15) is 0 Å². The number of nitrogen functional groups attached to an aromatic ring is 1. The molecular weight excluding hydrogens is 268 g/mol. The Balaban J connectivity index is 1.60. The molecule has 1 aliphatic rings. The molecule has 0 spiro atoms. The monoisotopic (exact) mass is 288 g/mol. The number of aromatic nitrogens is 1. The third-order valence-electron chi connectivity index (χ3n) is 3.75. The SMILES string of the molecule is Cc1ccc(N)c(CN2CCN(c3nccs3)CC2)c1. The Hall–Kier alpha value is -1.59. The van der Waals surface area contributed by atoms with Gasteiger partial charge in [-0.2, -0.15) is 0 Å². The fourth-order valence-corrected chi connectivity index (χ4v) is 3.28. The van der Waals surface area contributed by atoms with E-state index in [1.807, 2.05) is 17.6 Å². The van der Waals surface area contributed by atoms with Crippen molar-refractivity contribution in [2.75, 3.05) is 36.8 Å². The minimum absolute atomic E-state index is 0.901. The van der Waals surface area contributed by atoms with Gasteiger partial charge in [0.15, 0.2) is 5.13 Å². The molecule has 0 atom stereocenters. The van der Waals surface area contributed by atoms with Crippen LogP contribution in [0.1, 0.15) is 11.1 Å². The summed E-state index contributed by atoms with van der Waals surface area (Å²) in [5, 5.41) is 3.18. The van der Waals surface area contributed by atoms with Gasteiger partial charge in [0, 0.05) is 50.0 Å². The van der Waals surface area contributed by atoms with Crippen LogP contribution in [-0.2, 0) is 6.54 Å². The second kappa shape index (κ2) is 5.81. The van der Waals surface area contributed by atoms with Crippen molar-refractivity contribution in [2.24, 2.45) is 0 Å². The molecule has 2 N–H and O–H groups in total. The van der Waals surface area contributed by atoms with E-state index in [0.717, 1.165) is 43.5 Å². The Morgan fingerprint density at radius 3 is 2.75 bits per heavy atom. The van der Waals surface area contributed by atoms with Crippen molar-refractivity contribution in [2.45, 2.75) is 13.5 Å². The van der Waals surface area contributed by atoms with E-state index < -0.39 is 0 Å². The van der Waals surface area contributed by atoms with Gasteiger partial charge in [-0.15, -0.1) is 11.3 Å². The van der Waals surface area contributed by atoms with Crippen molar-refractivity contribution in [3.05, 3.63) is 40.9 Å². The predicted molar refractivity (Wildman–Crippen MR) is 85.2 cm³/mol. The van der Waals surface area contributed by atoms with Crippen molar-refractivity contribution in [1.29, 1.82) is 0 Å². The number of hydrogen-bond acceptors (Lipinski definition) is 5. The fraction of sp³-hybridized carbons (Fsp3) is 0.400. The van der Waals surface area contributed by atoms with Crippen LogP contribution >= 0.6 is 11.3 Å². The Labute approximate surface area is 123 Å². The average Bonchev–Trinajstić information content (AvgIpc) is 2.98. The van der Waals surface area contributed by atoms with E-state index in [0.29, 0.717) is 0 Å². The quantitative estimate of drug-likeness (QED) is 0.881. The highest BCUT2D eigenvalue weighted by Crippen LogP contribution is 2.21. The molecule has 0 aliphatic carbocycles. The summed E-state index contributed by atoms with van der Waals surface area (Å²) in [7, 11) is 0. The van der Waals surface area contributed by atoms with Crippen molar-refractivity contribution in [3.63, 3.8) is 0 Å². The molecule has 0 unspecified atom stereocenters. The van der Waals surface area contributed by atoms with Gasteiger partial charge < -0.3 is 10.6 Å². The van der Waals surface area contributed by atoms with E-state index in [-0.39, 0.29) is 0 Å². The molecule has 2 aromatic rings. The number of benzene rings is 1. The number of nitrogens with zero attached hydrogens (tertiary/aromatic N) is 3. The lowest BCUT2D eigenvalue weighted by molar-refractivity contribution is 0.250. The van der Waals surface area contributed by atoms with Crippen molar-refractivity contribution in [3.8, 4) is 0 Å². The molecule has 1 fully saturated rings. The van der Waals surface area contributed by atoms with Crippen LogP contribution in [0.15, 0.2) is 29.8 Å². The zero-order chi connectivity index (χ0) is 13.9. The first-order valence-electron chi connectivity index (χ1n) is 6.94. The molecule has 3 rings (SSSR count). The van der Waals surface area contributed by atoms with Crippen molar-refractivity contribution >= 4 is 22.2 Å². The van der Waals surface area contributed by atoms with Crippen LogP contribution in [0.4, 0.5) is 10.8 Å². The maximum Gasteiger partial charge on any atom is 0.185 e. The zero-order valence-corrected chi connectivity index (χ0v) is 12.6. The molecule has 20 heavy (non-hydrogen) atoms. The lowest BCUT2D eigenvalue weighted by Crippen LogP contribution is -2.46. The first-order valence-corrected chi connectivity index (χ1v) is 7.82. The van der Waals surface area contributed by atoms with Crippen LogP contribution in [0.2, 0.25) is 0 Å². The summed E-state index contributed by atoms with van der Waals surface area (Å²) < 4.78 is 0. The molecule has 4 nitrogen and oxygen atoms in total. The minimum Gasteiger partial charge on any atom is -0.398 e. The van der Waals surface area contributed by atoms with E-state index in [1.165, 1.54) is 11.1 Å². The summed E-state index contributed by atoms with van der Waals surface area (Å²) in [6.45, 7) is 7.26. The largest absolute Gasteiger partial charge is 0.398 e. The number of rotatable bonds is 3. The van der Waals surface area contributed by atoms with Crippen LogP contribution < -0.4 is 10.6 Å². The number of nitrogens with two attached hydrogens (primary N) is 1. The van der Waals surface area contributed by atoms with Crippen LogP contribution in [0.5, 0.6) is 0 Å². The molecule has 106 valence electrons. The van der Waals surface area contributed by atoms with Gasteiger partial charge in [0.2, 0.25) is 0 Å². The van der Waals surface area contributed by atoms with Gasteiger partial charge >= 0.3 is 0 Å². The lowest BCUT2D eigenvalue weighted by atomic mass is 10.1. The van der Waals surface area contributed by atoms with Crippen LogP contribution in [0.3, 0.4) is 0 Å². The normalized spacial score (nSPS) is 16.6. The second-order valence-corrected chi connectivity index (χ2v) is 6.15. The number of hydrogen-bond donors (Lipinski definition) is 1. The van der Waals surface area contributed by atoms with E-state index in [4.69, 9.17) is 5.73 Å². The third kappa shape index (κ3) is 2.94. The maximum atomic E-state index is 6.07. The fourth-order valence-electron chi connectivity index (χ4n) is 2.58. The first kappa shape index (κ1) is 13.4. The standard InChI is InChI=1S/C15H20N4S/c1-12-2-3-14(16)13(10-12)11-18-5-7-19(8-6-18)15-17-4-9-20-15/h2-4,9-10H,5-8,11,16H2,1H3. The molecule has 0 amide bonds. The predicted octanol–water partition coefficient (Wildman–Crippen LogP) is 2.36. The van der Waals surface area contributed by atoms with Gasteiger partial charge in [0.1, 0.15) is 0 Å². The van der Waals surface area contributed by atoms with E-state index >= 15 is 0 Å². The number of anilines is 2. The van der Waals surface area contributed by atoms with Crippen LogP contribution in [0.25, 0.3) is 0 Å². The summed E-state index contributed by atoms with van der Waals surface area (Å²) in [6.07, 6.45) is 1.87. The maximum absolute atomic E-state index is 6.07. The Morgan fingerprint density at radius 1 is 1.25 bits per heavy atom. The Kier molecular flexibility index (Phi) is 3.89.